The number of carbonyl (C=O) groups is 1. The van der Waals surface area contributed by atoms with Crippen LogP contribution in [0, 0.1) is 0 Å². The minimum Gasteiger partial charge on any atom is -0.476 e. The predicted octanol–water partition coefficient (Wildman–Crippen LogP) is 3.72. The summed E-state index contributed by atoms with van der Waals surface area (Å²) < 4.78 is 39.3. The highest BCUT2D eigenvalue weighted by molar-refractivity contribution is 5.94. The summed E-state index contributed by atoms with van der Waals surface area (Å²) in [5, 5.41) is 9.37. The number of imidazole rings is 1. The van der Waals surface area contributed by atoms with E-state index in [-0.39, 0.29) is 17.0 Å². The number of hydrogen-bond acceptors (Lipinski definition) is 2. The largest absolute Gasteiger partial charge is 0.476 e. The second-order valence-electron chi connectivity index (χ2n) is 4.62. The van der Waals surface area contributed by atoms with Crippen LogP contribution in [-0.2, 0) is 6.18 Å². The van der Waals surface area contributed by atoms with Gasteiger partial charge in [0.15, 0.2) is 5.69 Å². The number of fused-ring (bicyclic) bond motifs is 1. The van der Waals surface area contributed by atoms with Gasteiger partial charge in [0.25, 0.3) is 0 Å². The van der Waals surface area contributed by atoms with E-state index in [4.69, 9.17) is 0 Å². The molecule has 0 saturated heterocycles. The molecule has 2 heterocycles. The van der Waals surface area contributed by atoms with Crippen molar-refractivity contribution in [2.45, 2.75) is 6.18 Å². The molecule has 1 aromatic carbocycles. The van der Waals surface area contributed by atoms with Crippen molar-refractivity contribution in [3.63, 3.8) is 0 Å². The predicted molar refractivity (Wildman–Crippen MR) is 72.6 cm³/mol. The zero-order valence-electron chi connectivity index (χ0n) is 11.0. The number of nitrogens with zero attached hydrogens (tertiary/aromatic N) is 2. The number of rotatable bonds is 2. The normalized spacial score (nSPS) is 11.8. The van der Waals surface area contributed by atoms with Crippen LogP contribution < -0.4 is 0 Å². The summed E-state index contributed by atoms with van der Waals surface area (Å²) in [5.41, 5.74) is -0.430. The first-order valence-corrected chi connectivity index (χ1v) is 6.26. The number of carboxylic acid groups (broad SMARTS) is 1. The van der Waals surface area contributed by atoms with Gasteiger partial charge in [-0.1, -0.05) is 30.3 Å². The average molecular weight is 306 g/mol. The molecular formula is C15H9F3N2O2. The van der Waals surface area contributed by atoms with Gasteiger partial charge in [0.2, 0.25) is 0 Å². The van der Waals surface area contributed by atoms with Crippen LogP contribution in [0.2, 0.25) is 0 Å². The van der Waals surface area contributed by atoms with E-state index in [9.17, 15) is 23.1 Å². The Balaban J connectivity index is 2.31. The fourth-order valence-corrected chi connectivity index (χ4v) is 2.21. The molecule has 0 fully saturated rings. The molecule has 0 spiro atoms. The maximum Gasteiger partial charge on any atom is 0.417 e. The molecule has 0 amide bonds. The number of aromatic carboxylic acids is 1. The zero-order valence-corrected chi connectivity index (χ0v) is 11.0. The second-order valence-corrected chi connectivity index (χ2v) is 4.62. The lowest BCUT2D eigenvalue weighted by Gasteiger charge is -2.07. The number of benzene rings is 1. The minimum absolute atomic E-state index is 0.132. The molecule has 7 heteroatoms. The quantitative estimate of drug-likeness (QED) is 0.785. The summed E-state index contributed by atoms with van der Waals surface area (Å²) in [6, 6.07) is 10.5. The molecule has 0 aliphatic carbocycles. The van der Waals surface area contributed by atoms with Crippen LogP contribution in [0.25, 0.3) is 16.9 Å². The molecule has 0 radical (unpaired) electrons. The van der Waals surface area contributed by atoms with Crippen molar-refractivity contribution in [1.82, 2.24) is 9.38 Å². The van der Waals surface area contributed by atoms with Crippen molar-refractivity contribution in [1.29, 1.82) is 0 Å². The number of carboxylic acids is 1. The minimum atomic E-state index is -4.55. The van der Waals surface area contributed by atoms with Gasteiger partial charge < -0.3 is 5.11 Å². The molecule has 3 rings (SSSR count). The van der Waals surface area contributed by atoms with Crippen LogP contribution in [-0.4, -0.2) is 20.5 Å². The fraction of sp³-hybridized carbons (Fsp3) is 0.0667. The lowest BCUT2D eigenvalue weighted by molar-refractivity contribution is -0.137. The molecule has 4 nitrogen and oxygen atoms in total. The topological polar surface area (TPSA) is 54.6 Å². The smallest absolute Gasteiger partial charge is 0.417 e. The van der Waals surface area contributed by atoms with E-state index in [0.717, 1.165) is 22.7 Å². The lowest BCUT2D eigenvalue weighted by atomic mass is 10.1. The number of hydrogen-bond donors (Lipinski definition) is 1. The van der Waals surface area contributed by atoms with Crippen LogP contribution >= 0.6 is 0 Å². The molecule has 0 atom stereocenters. The van der Waals surface area contributed by atoms with E-state index < -0.39 is 17.7 Å². The highest BCUT2D eigenvalue weighted by Crippen LogP contribution is 2.31. The molecule has 3 aromatic rings. The number of aromatic nitrogens is 2. The standard InChI is InChI=1S/C15H9F3N2O2/c16-15(17,18)10-6-7-11-19-12(9-4-2-1-3-5-9)13(14(21)22)20(11)8-10/h1-8H,(H,21,22). The van der Waals surface area contributed by atoms with Crippen LogP contribution in [0.3, 0.4) is 0 Å². The number of alkyl halides is 3. The Kier molecular flexibility index (Phi) is 3.13. The molecule has 0 aliphatic rings. The summed E-state index contributed by atoms with van der Waals surface area (Å²) in [4.78, 5) is 15.6. The molecule has 0 bridgehead atoms. The van der Waals surface area contributed by atoms with Gasteiger partial charge in [0.1, 0.15) is 11.3 Å². The Morgan fingerprint density at radius 2 is 1.77 bits per heavy atom. The van der Waals surface area contributed by atoms with Crippen LogP contribution in [0.5, 0.6) is 0 Å². The van der Waals surface area contributed by atoms with Crippen LogP contribution in [0.4, 0.5) is 13.2 Å². The Labute approximate surface area is 122 Å². The molecule has 112 valence electrons. The van der Waals surface area contributed by atoms with Gasteiger partial charge in [-0.25, -0.2) is 9.78 Å². The fourth-order valence-electron chi connectivity index (χ4n) is 2.21. The van der Waals surface area contributed by atoms with Gasteiger partial charge in [-0.2, -0.15) is 13.2 Å². The van der Waals surface area contributed by atoms with Gasteiger partial charge in [-0.15, -0.1) is 0 Å². The van der Waals surface area contributed by atoms with Gasteiger partial charge in [0.05, 0.1) is 5.56 Å². The Bertz CT molecular complexity index is 854. The van der Waals surface area contributed by atoms with Crippen LogP contribution in [0.15, 0.2) is 48.7 Å². The van der Waals surface area contributed by atoms with Crippen molar-refractivity contribution >= 4 is 11.6 Å². The van der Waals surface area contributed by atoms with E-state index in [2.05, 4.69) is 4.98 Å². The zero-order chi connectivity index (χ0) is 15.9. The van der Waals surface area contributed by atoms with Crippen molar-refractivity contribution in [3.8, 4) is 11.3 Å². The SMILES string of the molecule is O=C(O)c1c(-c2ccccc2)nc2ccc(C(F)(F)F)cn12. The molecule has 1 N–H and O–H groups in total. The third-order valence-corrected chi connectivity index (χ3v) is 3.20. The second kappa shape index (κ2) is 4.87. The van der Waals surface area contributed by atoms with Gasteiger partial charge in [-0.3, -0.25) is 4.40 Å². The number of pyridine rings is 1. The summed E-state index contributed by atoms with van der Waals surface area (Å²) in [6.07, 6.45) is -3.81. The van der Waals surface area contributed by atoms with E-state index in [1.54, 1.807) is 30.3 Å². The van der Waals surface area contributed by atoms with Gasteiger partial charge in [0, 0.05) is 11.8 Å². The summed E-state index contributed by atoms with van der Waals surface area (Å²) in [7, 11) is 0. The Morgan fingerprint density at radius 1 is 1.09 bits per heavy atom. The molecule has 0 unspecified atom stereocenters. The summed E-state index contributed by atoms with van der Waals surface area (Å²) in [5.74, 6) is -1.34. The monoisotopic (exact) mass is 306 g/mol. The number of halogens is 3. The average Bonchev–Trinajstić information content (AvgIpc) is 2.85. The first-order chi connectivity index (χ1) is 10.4. The van der Waals surface area contributed by atoms with Crippen LogP contribution in [0.1, 0.15) is 16.1 Å². The molecule has 0 saturated carbocycles. The first kappa shape index (κ1) is 14.1. The summed E-state index contributed by atoms with van der Waals surface area (Å²) >= 11 is 0. The molecular weight excluding hydrogens is 297 g/mol. The Hall–Kier alpha value is -2.83. The highest BCUT2D eigenvalue weighted by atomic mass is 19.4. The molecule has 2 aromatic heterocycles. The van der Waals surface area contributed by atoms with E-state index in [1.807, 2.05) is 0 Å². The molecule has 22 heavy (non-hydrogen) atoms. The first-order valence-electron chi connectivity index (χ1n) is 6.26. The van der Waals surface area contributed by atoms with E-state index in [1.165, 1.54) is 0 Å². The Morgan fingerprint density at radius 3 is 2.36 bits per heavy atom. The summed E-state index contributed by atoms with van der Waals surface area (Å²) in [6.45, 7) is 0. The van der Waals surface area contributed by atoms with Crippen molar-refractivity contribution in [2.75, 3.05) is 0 Å². The highest BCUT2D eigenvalue weighted by Gasteiger charge is 2.32. The van der Waals surface area contributed by atoms with Gasteiger partial charge in [-0.05, 0) is 12.1 Å². The third kappa shape index (κ3) is 2.30. The third-order valence-electron chi connectivity index (χ3n) is 3.20. The lowest BCUT2D eigenvalue weighted by Crippen LogP contribution is -2.09. The van der Waals surface area contributed by atoms with Crippen molar-refractivity contribution in [2.24, 2.45) is 0 Å². The maximum absolute atomic E-state index is 12.8. The van der Waals surface area contributed by atoms with E-state index >= 15 is 0 Å². The van der Waals surface area contributed by atoms with Crippen molar-refractivity contribution < 1.29 is 23.1 Å². The molecule has 0 aliphatic heterocycles. The van der Waals surface area contributed by atoms with Crippen molar-refractivity contribution in [3.05, 3.63) is 59.9 Å². The maximum atomic E-state index is 12.8. The van der Waals surface area contributed by atoms with E-state index in [0.29, 0.717) is 5.56 Å². The van der Waals surface area contributed by atoms with Gasteiger partial charge >= 0.3 is 12.1 Å².